The van der Waals surface area contributed by atoms with E-state index in [1.165, 1.54) is 0 Å². The largest absolute Gasteiger partial charge is 0.353 e. The molecule has 0 spiro atoms. The molecule has 0 saturated carbocycles. The number of anilines is 2. The highest BCUT2D eigenvalue weighted by molar-refractivity contribution is 6.39. The second-order valence-corrected chi connectivity index (χ2v) is 6.61. The molecule has 0 fully saturated rings. The van der Waals surface area contributed by atoms with E-state index in [1.807, 2.05) is 30.3 Å². The van der Waals surface area contributed by atoms with E-state index in [9.17, 15) is 4.79 Å². The Hall–Kier alpha value is -2.56. The van der Waals surface area contributed by atoms with Crippen LogP contribution in [0.3, 0.4) is 0 Å². The third kappa shape index (κ3) is 4.34. The van der Waals surface area contributed by atoms with Crippen molar-refractivity contribution >= 4 is 40.5 Å². The predicted octanol–water partition coefficient (Wildman–Crippen LogP) is 5.40. The van der Waals surface area contributed by atoms with Gasteiger partial charge in [-0.15, -0.1) is 0 Å². The zero-order valence-corrected chi connectivity index (χ0v) is 15.6. The summed E-state index contributed by atoms with van der Waals surface area (Å²) in [6, 6.07) is 18.5. The Bertz CT molecular complexity index is 896. The molecule has 1 amide bonds. The maximum absolute atomic E-state index is 12.7. The summed E-state index contributed by atoms with van der Waals surface area (Å²) in [7, 11) is 1.75. The summed E-state index contributed by atoms with van der Waals surface area (Å²) in [5.74, 6) is -0.164. The van der Waals surface area contributed by atoms with Crippen molar-refractivity contribution in [1.82, 2.24) is 9.88 Å². The van der Waals surface area contributed by atoms with Gasteiger partial charge in [0.1, 0.15) is 5.69 Å². The topological polar surface area (TPSA) is 45.2 Å². The Balaban J connectivity index is 1.77. The van der Waals surface area contributed by atoms with Crippen LogP contribution in [0.5, 0.6) is 0 Å². The Morgan fingerprint density at radius 1 is 1.04 bits per heavy atom. The zero-order chi connectivity index (χ0) is 18.5. The molecule has 0 unspecified atom stereocenters. The second kappa shape index (κ2) is 8.21. The third-order valence-electron chi connectivity index (χ3n) is 3.82. The normalized spacial score (nSPS) is 10.4. The number of para-hydroxylation sites is 1. The van der Waals surface area contributed by atoms with Crippen molar-refractivity contribution in [2.24, 2.45) is 0 Å². The lowest BCUT2D eigenvalue weighted by Crippen LogP contribution is -2.27. The van der Waals surface area contributed by atoms with Crippen LogP contribution in [0.2, 0.25) is 10.0 Å². The first-order valence-corrected chi connectivity index (χ1v) is 8.76. The molecule has 0 aliphatic carbocycles. The Labute approximate surface area is 162 Å². The van der Waals surface area contributed by atoms with Crippen molar-refractivity contribution in [3.8, 4) is 0 Å². The van der Waals surface area contributed by atoms with E-state index >= 15 is 0 Å². The van der Waals surface area contributed by atoms with E-state index in [0.717, 1.165) is 5.56 Å². The van der Waals surface area contributed by atoms with Gasteiger partial charge in [0.05, 0.1) is 15.7 Å². The van der Waals surface area contributed by atoms with Crippen LogP contribution in [0, 0.1) is 0 Å². The summed E-state index contributed by atoms with van der Waals surface area (Å²) in [5.41, 5.74) is 2.68. The van der Waals surface area contributed by atoms with Crippen LogP contribution < -0.4 is 5.32 Å². The number of nitrogens with one attached hydrogen (secondary N) is 1. The van der Waals surface area contributed by atoms with Crippen molar-refractivity contribution < 1.29 is 4.79 Å². The molecule has 0 saturated heterocycles. The molecule has 26 heavy (non-hydrogen) atoms. The number of carbonyl (C=O) groups excluding carboxylic acids is 1. The molecule has 3 rings (SSSR count). The summed E-state index contributed by atoms with van der Waals surface area (Å²) in [6.07, 6.45) is 1.58. The fraction of sp³-hybridized carbons (Fsp3) is 0.100. The van der Waals surface area contributed by atoms with Crippen LogP contribution in [0.15, 0.2) is 66.9 Å². The summed E-state index contributed by atoms with van der Waals surface area (Å²) < 4.78 is 0. The van der Waals surface area contributed by atoms with Crippen molar-refractivity contribution in [2.45, 2.75) is 6.54 Å². The maximum Gasteiger partial charge on any atom is 0.272 e. The first kappa shape index (κ1) is 18.2. The van der Waals surface area contributed by atoms with E-state index in [2.05, 4.69) is 10.3 Å². The summed E-state index contributed by atoms with van der Waals surface area (Å²) in [6.45, 7) is 0.509. The molecule has 0 atom stereocenters. The van der Waals surface area contributed by atoms with Gasteiger partial charge in [0.25, 0.3) is 5.91 Å². The Kier molecular flexibility index (Phi) is 5.76. The molecule has 4 nitrogen and oxygen atoms in total. The number of nitrogens with zero attached hydrogens (tertiary/aromatic N) is 2. The molecular formula is C20H17Cl2N3O. The second-order valence-electron chi connectivity index (χ2n) is 5.80. The first-order valence-electron chi connectivity index (χ1n) is 8.01. The molecule has 132 valence electrons. The molecule has 6 heteroatoms. The molecule has 1 aromatic heterocycles. The molecular weight excluding hydrogens is 369 g/mol. The van der Waals surface area contributed by atoms with Crippen LogP contribution in [-0.2, 0) is 6.54 Å². The minimum Gasteiger partial charge on any atom is -0.353 e. The smallest absolute Gasteiger partial charge is 0.272 e. The molecule has 2 aromatic carbocycles. The summed E-state index contributed by atoms with van der Waals surface area (Å²) >= 11 is 12.4. The van der Waals surface area contributed by atoms with Gasteiger partial charge in [-0.3, -0.25) is 9.78 Å². The molecule has 1 N–H and O–H groups in total. The molecule has 0 bridgehead atoms. The molecule has 1 heterocycles. The number of amides is 1. The van der Waals surface area contributed by atoms with Gasteiger partial charge in [-0.25, -0.2) is 0 Å². The predicted molar refractivity (Wildman–Crippen MR) is 106 cm³/mol. The van der Waals surface area contributed by atoms with Crippen molar-refractivity contribution in [3.05, 3.63) is 88.2 Å². The van der Waals surface area contributed by atoms with Crippen LogP contribution in [0.1, 0.15) is 16.1 Å². The SMILES string of the molecule is CN(Cc1ccccc1)C(=O)c1cc(Nc2c(Cl)cccc2Cl)ccn1. The minimum atomic E-state index is -0.164. The Morgan fingerprint density at radius 2 is 1.73 bits per heavy atom. The van der Waals surface area contributed by atoms with Gasteiger partial charge in [-0.2, -0.15) is 0 Å². The zero-order valence-electron chi connectivity index (χ0n) is 14.1. The van der Waals surface area contributed by atoms with Crippen LogP contribution >= 0.6 is 23.2 Å². The average Bonchev–Trinajstić information content (AvgIpc) is 2.65. The summed E-state index contributed by atoms with van der Waals surface area (Å²) in [4.78, 5) is 18.5. The minimum absolute atomic E-state index is 0.164. The van der Waals surface area contributed by atoms with E-state index < -0.39 is 0 Å². The lowest BCUT2D eigenvalue weighted by Gasteiger charge is -2.17. The number of benzene rings is 2. The number of hydrogen-bond donors (Lipinski definition) is 1. The highest BCUT2D eigenvalue weighted by atomic mass is 35.5. The van der Waals surface area contributed by atoms with Gasteiger partial charge < -0.3 is 10.2 Å². The number of hydrogen-bond acceptors (Lipinski definition) is 3. The quantitative estimate of drug-likeness (QED) is 0.638. The van der Waals surface area contributed by atoms with Crippen molar-refractivity contribution in [3.63, 3.8) is 0 Å². The number of rotatable bonds is 5. The third-order valence-corrected chi connectivity index (χ3v) is 4.45. The van der Waals surface area contributed by atoms with Gasteiger partial charge in [0.15, 0.2) is 0 Å². The van der Waals surface area contributed by atoms with Crippen molar-refractivity contribution in [1.29, 1.82) is 0 Å². The lowest BCUT2D eigenvalue weighted by atomic mass is 10.2. The van der Waals surface area contributed by atoms with Gasteiger partial charge in [0.2, 0.25) is 0 Å². The Morgan fingerprint density at radius 3 is 2.42 bits per heavy atom. The van der Waals surface area contributed by atoms with Crippen LogP contribution in [0.4, 0.5) is 11.4 Å². The van der Waals surface area contributed by atoms with Gasteiger partial charge in [-0.1, -0.05) is 59.6 Å². The number of pyridine rings is 1. The van der Waals surface area contributed by atoms with E-state index in [0.29, 0.717) is 33.7 Å². The molecule has 0 aliphatic rings. The highest BCUT2D eigenvalue weighted by Gasteiger charge is 2.14. The molecule has 3 aromatic rings. The maximum atomic E-state index is 12.7. The number of carbonyl (C=O) groups is 1. The van der Waals surface area contributed by atoms with E-state index in [1.54, 1.807) is 48.5 Å². The fourth-order valence-corrected chi connectivity index (χ4v) is 3.00. The van der Waals surface area contributed by atoms with Crippen LogP contribution in [-0.4, -0.2) is 22.8 Å². The van der Waals surface area contributed by atoms with Gasteiger partial charge in [-0.05, 0) is 29.8 Å². The monoisotopic (exact) mass is 385 g/mol. The highest BCUT2D eigenvalue weighted by Crippen LogP contribution is 2.32. The van der Waals surface area contributed by atoms with E-state index in [4.69, 9.17) is 23.2 Å². The summed E-state index contributed by atoms with van der Waals surface area (Å²) in [5, 5.41) is 4.16. The number of aromatic nitrogens is 1. The van der Waals surface area contributed by atoms with Crippen molar-refractivity contribution in [2.75, 3.05) is 12.4 Å². The number of halogens is 2. The van der Waals surface area contributed by atoms with Gasteiger partial charge >= 0.3 is 0 Å². The first-order chi connectivity index (χ1) is 12.5. The van der Waals surface area contributed by atoms with Gasteiger partial charge in [0, 0.05) is 25.5 Å². The average molecular weight is 386 g/mol. The fourth-order valence-electron chi connectivity index (χ4n) is 2.51. The molecule has 0 radical (unpaired) electrons. The lowest BCUT2D eigenvalue weighted by molar-refractivity contribution is 0.0779. The molecule has 0 aliphatic heterocycles. The van der Waals surface area contributed by atoms with E-state index in [-0.39, 0.29) is 5.91 Å². The van der Waals surface area contributed by atoms with Crippen LogP contribution in [0.25, 0.3) is 0 Å². The standard InChI is InChI=1S/C20H17Cl2N3O/c1-25(13-14-6-3-2-4-7-14)20(26)18-12-15(10-11-23-18)24-19-16(21)8-5-9-17(19)22/h2-12H,13H2,1H3,(H,23,24).